The van der Waals surface area contributed by atoms with Crippen LogP contribution in [0.1, 0.15) is 6.92 Å². The van der Waals surface area contributed by atoms with Crippen molar-refractivity contribution in [2.75, 3.05) is 7.11 Å². The molecule has 0 amide bonds. The fraction of sp³-hybridized carbons (Fsp3) is 0.444. The Bertz CT molecular complexity index is 296. The van der Waals surface area contributed by atoms with Gasteiger partial charge in [-0.2, -0.15) is 5.26 Å². The lowest BCUT2D eigenvalue weighted by Crippen LogP contribution is -2.20. The zero-order chi connectivity index (χ0) is 10.8. The topological polar surface area (TPSA) is 81.8 Å². The molecule has 0 aromatic rings. The maximum atomic E-state index is 8.21. The number of allylic oxidation sites excluding steroid dienone is 3. The van der Waals surface area contributed by atoms with Crippen molar-refractivity contribution in [3.05, 3.63) is 34.7 Å². The number of nitriles is 1. The Balaban J connectivity index is 4.29. The second-order valence-electron chi connectivity index (χ2n) is 2.52. The molecule has 0 heterocycles. The standard InChI is InChI=1S/C9H12N4O/c1-8(12-13-11)9(14-2)6-4-3-5-7-10/h3-6,8-9H,1-2H3/b5-3+,6-4-/t8-,9-/m1/s1. The van der Waals surface area contributed by atoms with Gasteiger partial charge in [0.05, 0.1) is 18.2 Å². The van der Waals surface area contributed by atoms with Crippen molar-refractivity contribution in [2.45, 2.75) is 19.1 Å². The SMILES string of the molecule is CO[C@H](/C=C\C=C\C#N)[C@@H](C)N=[N+]=[N-]. The summed E-state index contributed by atoms with van der Waals surface area (Å²) in [6.45, 7) is 1.76. The van der Waals surface area contributed by atoms with Crippen LogP contribution in [0.3, 0.4) is 0 Å². The second kappa shape index (κ2) is 7.87. The molecule has 5 heteroatoms. The second-order valence-corrected chi connectivity index (χ2v) is 2.52. The number of ether oxygens (including phenoxy) is 1. The van der Waals surface area contributed by atoms with Gasteiger partial charge in [-0.1, -0.05) is 30.3 Å². The summed E-state index contributed by atoms with van der Waals surface area (Å²) in [4.78, 5) is 2.69. The highest BCUT2D eigenvalue weighted by Gasteiger charge is 2.10. The highest BCUT2D eigenvalue weighted by atomic mass is 16.5. The lowest BCUT2D eigenvalue weighted by molar-refractivity contribution is 0.123. The first-order valence-corrected chi connectivity index (χ1v) is 4.06. The Kier molecular flexibility index (Phi) is 6.88. The molecule has 0 N–H and O–H groups in total. The lowest BCUT2D eigenvalue weighted by atomic mass is 10.2. The van der Waals surface area contributed by atoms with E-state index in [4.69, 9.17) is 15.5 Å². The molecular formula is C9H12N4O. The van der Waals surface area contributed by atoms with Gasteiger partial charge in [-0.3, -0.25) is 0 Å². The van der Waals surface area contributed by atoms with E-state index in [1.165, 1.54) is 13.2 Å². The number of nitrogens with zero attached hydrogens (tertiary/aromatic N) is 4. The Hall–Kier alpha value is -1.76. The highest BCUT2D eigenvalue weighted by Crippen LogP contribution is 2.04. The first-order valence-electron chi connectivity index (χ1n) is 4.06. The van der Waals surface area contributed by atoms with Crippen LogP contribution in [0.4, 0.5) is 0 Å². The maximum absolute atomic E-state index is 8.21. The van der Waals surface area contributed by atoms with Gasteiger partial charge in [0.1, 0.15) is 0 Å². The van der Waals surface area contributed by atoms with Crippen LogP contribution in [0.5, 0.6) is 0 Å². The molecule has 2 atom stereocenters. The smallest absolute Gasteiger partial charge is 0.0912 e. The zero-order valence-corrected chi connectivity index (χ0v) is 8.16. The maximum Gasteiger partial charge on any atom is 0.0912 e. The fourth-order valence-corrected chi connectivity index (χ4v) is 0.856. The summed E-state index contributed by atoms with van der Waals surface area (Å²) in [5, 5.41) is 11.7. The monoisotopic (exact) mass is 192 g/mol. The number of rotatable bonds is 5. The molecule has 5 nitrogen and oxygen atoms in total. The van der Waals surface area contributed by atoms with Crippen LogP contribution in [0, 0.1) is 11.3 Å². The minimum absolute atomic E-state index is 0.267. The third-order valence-electron chi connectivity index (χ3n) is 1.56. The van der Waals surface area contributed by atoms with Crippen LogP contribution < -0.4 is 0 Å². The predicted molar refractivity (Wildman–Crippen MR) is 53.3 cm³/mol. The minimum atomic E-state index is -0.269. The molecule has 14 heavy (non-hydrogen) atoms. The van der Waals surface area contributed by atoms with Gasteiger partial charge in [0.25, 0.3) is 0 Å². The Morgan fingerprint density at radius 1 is 1.57 bits per heavy atom. The minimum Gasteiger partial charge on any atom is -0.377 e. The van der Waals surface area contributed by atoms with Crippen LogP contribution in [-0.2, 0) is 4.74 Å². The van der Waals surface area contributed by atoms with Crippen molar-refractivity contribution in [1.82, 2.24) is 0 Å². The van der Waals surface area contributed by atoms with E-state index in [1.54, 1.807) is 25.2 Å². The van der Waals surface area contributed by atoms with Gasteiger partial charge in [-0.05, 0) is 5.53 Å². The summed E-state index contributed by atoms with van der Waals surface area (Å²) < 4.78 is 5.08. The van der Waals surface area contributed by atoms with Crippen molar-refractivity contribution in [1.29, 1.82) is 5.26 Å². The van der Waals surface area contributed by atoms with Gasteiger partial charge in [0.2, 0.25) is 0 Å². The van der Waals surface area contributed by atoms with Gasteiger partial charge in [0, 0.05) is 18.1 Å². The van der Waals surface area contributed by atoms with Crippen LogP contribution in [0.25, 0.3) is 10.4 Å². The van der Waals surface area contributed by atoms with Gasteiger partial charge < -0.3 is 4.74 Å². The molecule has 0 spiro atoms. The number of methoxy groups -OCH3 is 1. The molecule has 0 aromatic carbocycles. The van der Waals surface area contributed by atoms with E-state index in [0.717, 1.165) is 0 Å². The molecule has 0 radical (unpaired) electrons. The average molecular weight is 192 g/mol. The lowest BCUT2D eigenvalue weighted by Gasteiger charge is -2.13. The Labute approximate surface area is 82.9 Å². The highest BCUT2D eigenvalue weighted by molar-refractivity contribution is 5.13. The summed E-state index contributed by atoms with van der Waals surface area (Å²) in [5.41, 5.74) is 8.21. The van der Waals surface area contributed by atoms with Gasteiger partial charge in [-0.25, -0.2) is 0 Å². The molecule has 74 valence electrons. The number of hydrogen-bond acceptors (Lipinski definition) is 3. The Morgan fingerprint density at radius 2 is 2.29 bits per heavy atom. The van der Waals surface area contributed by atoms with E-state index in [-0.39, 0.29) is 12.1 Å². The van der Waals surface area contributed by atoms with E-state index in [2.05, 4.69) is 10.0 Å². The van der Waals surface area contributed by atoms with E-state index in [9.17, 15) is 0 Å². The van der Waals surface area contributed by atoms with Crippen LogP contribution in [0.2, 0.25) is 0 Å². The molecule has 0 rings (SSSR count). The number of azide groups is 1. The van der Waals surface area contributed by atoms with Crippen molar-refractivity contribution in [3.63, 3.8) is 0 Å². The van der Waals surface area contributed by atoms with Crippen LogP contribution in [0.15, 0.2) is 29.4 Å². The van der Waals surface area contributed by atoms with E-state index in [1.807, 2.05) is 6.07 Å². The first-order chi connectivity index (χ1) is 6.76. The van der Waals surface area contributed by atoms with E-state index in [0.29, 0.717) is 0 Å². The Morgan fingerprint density at radius 3 is 2.79 bits per heavy atom. The molecule has 0 aliphatic carbocycles. The largest absolute Gasteiger partial charge is 0.377 e. The molecule has 0 bridgehead atoms. The molecular weight excluding hydrogens is 180 g/mol. The summed E-state index contributed by atoms with van der Waals surface area (Å²) in [5.74, 6) is 0. The van der Waals surface area contributed by atoms with Crippen molar-refractivity contribution < 1.29 is 4.74 Å². The van der Waals surface area contributed by atoms with Gasteiger partial charge >= 0.3 is 0 Å². The summed E-state index contributed by atoms with van der Waals surface area (Å²) in [6.07, 6.45) is 6.08. The molecule has 0 unspecified atom stereocenters. The van der Waals surface area contributed by atoms with Crippen molar-refractivity contribution in [2.24, 2.45) is 5.11 Å². The molecule has 0 fully saturated rings. The number of hydrogen-bond donors (Lipinski definition) is 0. The van der Waals surface area contributed by atoms with Gasteiger partial charge in [-0.15, -0.1) is 0 Å². The molecule has 0 aliphatic heterocycles. The molecule has 0 saturated carbocycles. The molecule has 0 aromatic heterocycles. The van der Waals surface area contributed by atoms with Crippen molar-refractivity contribution in [3.8, 4) is 6.07 Å². The van der Waals surface area contributed by atoms with E-state index < -0.39 is 0 Å². The van der Waals surface area contributed by atoms with Crippen LogP contribution in [-0.4, -0.2) is 19.3 Å². The molecule has 0 saturated heterocycles. The quantitative estimate of drug-likeness (QED) is 0.220. The third kappa shape index (κ3) is 4.99. The normalized spacial score (nSPS) is 14.9. The third-order valence-corrected chi connectivity index (χ3v) is 1.56. The summed E-state index contributed by atoms with van der Waals surface area (Å²) in [6, 6.07) is 1.59. The first kappa shape index (κ1) is 12.2. The summed E-state index contributed by atoms with van der Waals surface area (Å²) >= 11 is 0. The van der Waals surface area contributed by atoms with Gasteiger partial charge in [0.15, 0.2) is 0 Å². The fourth-order valence-electron chi connectivity index (χ4n) is 0.856. The zero-order valence-electron chi connectivity index (χ0n) is 8.16. The average Bonchev–Trinajstić information content (AvgIpc) is 2.18. The predicted octanol–water partition coefficient (Wildman–Crippen LogP) is 2.34. The van der Waals surface area contributed by atoms with E-state index >= 15 is 0 Å². The van der Waals surface area contributed by atoms with Crippen molar-refractivity contribution >= 4 is 0 Å². The van der Waals surface area contributed by atoms with Crippen LogP contribution >= 0.6 is 0 Å². The summed E-state index contributed by atoms with van der Waals surface area (Å²) in [7, 11) is 1.53. The molecule has 0 aliphatic rings.